The summed E-state index contributed by atoms with van der Waals surface area (Å²) in [4.78, 5) is 22.4. The number of carbonyl (C=O) groups excluding carboxylic acids is 1. The first-order valence-electron chi connectivity index (χ1n) is 5.41. The van der Waals surface area contributed by atoms with E-state index in [0.717, 1.165) is 0 Å². The Morgan fingerprint density at radius 1 is 1.30 bits per heavy atom. The monoisotopic (exact) mass is 315 g/mol. The van der Waals surface area contributed by atoms with E-state index in [-0.39, 0.29) is 0 Å². The van der Waals surface area contributed by atoms with Gasteiger partial charge in [0.15, 0.2) is 0 Å². The standard InChI is InChI=1S/C12H11Cl2N3O3/c13-7-1-6(2-8(14)3-7)10(4-11(18)19)17-12(20)9(16)5-15/h1-3,5,10,15-16H,4H2,(H,17,20)(H,18,19)/t10-/m0/s1. The summed E-state index contributed by atoms with van der Waals surface area (Å²) in [6, 6.07) is 3.55. The van der Waals surface area contributed by atoms with Gasteiger partial charge in [-0.05, 0) is 23.8 Å². The lowest BCUT2D eigenvalue weighted by Crippen LogP contribution is -2.35. The molecule has 0 saturated carbocycles. The highest BCUT2D eigenvalue weighted by atomic mass is 35.5. The maximum atomic E-state index is 11.6. The molecule has 0 saturated heterocycles. The molecule has 1 amide bonds. The third kappa shape index (κ3) is 4.64. The highest BCUT2D eigenvalue weighted by Crippen LogP contribution is 2.25. The Hall–Kier alpha value is -1.92. The Kier molecular flexibility index (Phi) is 5.66. The molecule has 0 unspecified atom stereocenters. The number of carboxylic acids is 1. The summed E-state index contributed by atoms with van der Waals surface area (Å²) in [5, 5.41) is 25.9. The molecule has 0 fully saturated rings. The fourth-order valence-corrected chi connectivity index (χ4v) is 2.05. The minimum Gasteiger partial charge on any atom is -0.481 e. The average molecular weight is 316 g/mol. The molecular weight excluding hydrogens is 305 g/mol. The predicted octanol–water partition coefficient (Wildman–Crippen LogP) is 2.29. The van der Waals surface area contributed by atoms with Crippen LogP contribution in [0.1, 0.15) is 18.0 Å². The SMILES string of the molecule is N=CC(=N)C(=O)N[C@@H](CC(=O)O)c1cc(Cl)cc(Cl)c1. The number of carboxylic acid groups (broad SMARTS) is 1. The lowest BCUT2D eigenvalue weighted by molar-refractivity contribution is -0.137. The van der Waals surface area contributed by atoms with E-state index in [4.69, 9.17) is 39.1 Å². The predicted molar refractivity (Wildman–Crippen MR) is 76.1 cm³/mol. The highest BCUT2D eigenvalue weighted by Gasteiger charge is 2.20. The molecule has 1 aromatic rings. The van der Waals surface area contributed by atoms with Crippen molar-refractivity contribution < 1.29 is 14.7 Å². The second kappa shape index (κ2) is 7.02. The molecule has 1 aromatic carbocycles. The third-order valence-electron chi connectivity index (χ3n) is 2.36. The molecule has 0 aromatic heterocycles. The summed E-state index contributed by atoms with van der Waals surface area (Å²) in [6.07, 6.45) is 0.172. The number of halogens is 2. The zero-order valence-corrected chi connectivity index (χ0v) is 11.6. The number of benzene rings is 1. The van der Waals surface area contributed by atoms with Crippen molar-refractivity contribution in [1.29, 1.82) is 10.8 Å². The van der Waals surface area contributed by atoms with Crippen LogP contribution >= 0.6 is 23.2 Å². The molecule has 6 nitrogen and oxygen atoms in total. The van der Waals surface area contributed by atoms with E-state index in [9.17, 15) is 9.59 Å². The fraction of sp³-hybridized carbons (Fsp3) is 0.167. The van der Waals surface area contributed by atoms with Crippen molar-refractivity contribution in [3.63, 3.8) is 0 Å². The smallest absolute Gasteiger partial charge is 0.305 e. The second-order valence-corrected chi connectivity index (χ2v) is 4.76. The number of rotatable bonds is 6. The van der Waals surface area contributed by atoms with Gasteiger partial charge in [-0.15, -0.1) is 0 Å². The van der Waals surface area contributed by atoms with Gasteiger partial charge in [0, 0.05) is 16.3 Å². The van der Waals surface area contributed by atoms with E-state index in [2.05, 4.69) is 5.32 Å². The van der Waals surface area contributed by atoms with Gasteiger partial charge in [0.25, 0.3) is 5.91 Å². The Morgan fingerprint density at radius 3 is 2.30 bits per heavy atom. The fourth-order valence-electron chi connectivity index (χ4n) is 1.50. The van der Waals surface area contributed by atoms with Gasteiger partial charge in [0.05, 0.1) is 12.5 Å². The van der Waals surface area contributed by atoms with Crippen LogP contribution in [0.3, 0.4) is 0 Å². The van der Waals surface area contributed by atoms with Crippen molar-refractivity contribution >= 4 is 47.0 Å². The third-order valence-corrected chi connectivity index (χ3v) is 2.80. The first kappa shape index (κ1) is 16.1. The molecule has 20 heavy (non-hydrogen) atoms. The lowest BCUT2D eigenvalue weighted by atomic mass is 10.0. The van der Waals surface area contributed by atoms with Crippen molar-refractivity contribution in [2.45, 2.75) is 12.5 Å². The number of nitrogens with one attached hydrogen (secondary N) is 3. The van der Waals surface area contributed by atoms with E-state index >= 15 is 0 Å². The molecule has 0 radical (unpaired) electrons. The molecule has 0 spiro atoms. The van der Waals surface area contributed by atoms with Crippen molar-refractivity contribution in [2.24, 2.45) is 0 Å². The molecule has 106 valence electrons. The van der Waals surface area contributed by atoms with E-state index < -0.39 is 30.1 Å². The lowest BCUT2D eigenvalue weighted by Gasteiger charge is -2.17. The van der Waals surface area contributed by atoms with Crippen LogP contribution in [0.5, 0.6) is 0 Å². The van der Waals surface area contributed by atoms with Crippen LogP contribution in [0, 0.1) is 10.8 Å². The summed E-state index contributed by atoms with van der Waals surface area (Å²) in [5.74, 6) is -1.98. The maximum Gasteiger partial charge on any atom is 0.305 e. The summed E-state index contributed by atoms with van der Waals surface area (Å²) >= 11 is 11.7. The van der Waals surface area contributed by atoms with Crippen molar-refractivity contribution in [3.05, 3.63) is 33.8 Å². The first-order valence-corrected chi connectivity index (χ1v) is 6.16. The molecule has 0 aliphatic carbocycles. The normalized spacial score (nSPS) is 11.5. The van der Waals surface area contributed by atoms with Crippen LogP contribution in [-0.4, -0.2) is 28.9 Å². The van der Waals surface area contributed by atoms with Gasteiger partial charge in [-0.3, -0.25) is 15.0 Å². The Morgan fingerprint density at radius 2 is 1.85 bits per heavy atom. The van der Waals surface area contributed by atoms with E-state index in [1.165, 1.54) is 18.2 Å². The van der Waals surface area contributed by atoms with Crippen LogP contribution in [-0.2, 0) is 9.59 Å². The zero-order chi connectivity index (χ0) is 15.3. The minimum atomic E-state index is -1.13. The first-order chi connectivity index (χ1) is 9.33. The number of carbonyl (C=O) groups is 2. The number of aliphatic carboxylic acids is 1. The van der Waals surface area contributed by atoms with Crippen LogP contribution < -0.4 is 5.32 Å². The van der Waals surface area contributed by atoms with Crippen LogP contribution in [0.2, 0.25) is 10.0 Å². The topological polar surface area (TPSA) is 114 Å². The molecule has 1 atom stereocenters. The van der Waals surface area contributed by atoms with Crippen LogP contribution in [0.15, 0.2) is 18.2 Å². The van der Waals surface area contributed by atoms with Gasteiger partial charge in [-0.2, -0.15) is 0 Å². The number of hydrogen-bond donors (Lipinski definition) is 4. The van der Waals surface area contributed by atoms with E-state index in [1.54, 1.807) is 0 Å². The number of hydrogen-bond acceptors (Lipinski definition) is 4. The van der Waals surface area contributed by atoms with Gasteiger partial charge in [0.2, 0.25) is 0 Å². The zero-order valence-electron chi connectivity index (χ0n) is 10.1. The summed E-state index contributed by atoms with van der Waals surface area (Å²) in [7, 11) is 0. The van der Waals surface area contributed by atoms with Gasteiger partial charge >= 0.3 is 5.97 Å². The van der Waals surface area contributed by atoms with Gasteiger partial charge in [0.1, 0.15) is 5.71 Å². The van der Waals surface area contributed by atoms with Gasteiger partial charge in [-0.1, -0.05) is 23.2 Å². The van der Waals surface area contributed by atoms with Crippen molar-refractivity contribution in [2.75, 3.05) is 0 Å². The van der Waals surface area contributed by atoms with Crippen molar-refractivity contribution in [1.82, 2.24) is 5.32 Å². The molecule has 1 rings (SSSR count). The minimum absolute atomic E-state index is 0.305. The van der Waals surface area contributed by atoms with Crippen LogP contribution in [0.4, 0.5) is 0 Å². The molecule has 4 N–H and O–H groups in total. The molecule has 0 aliphatic rings. The summed E-state index contributed by atoms with van der Waals surface area (Å²) in [5.41, 5.74) is -0.162. The highest BCUT2D eigenvalue weighted by molar-refractivity contribution is 6.59. The van der Waals surface area contributed by atoms with Crippen LogP contribution in [0.25, 0.3) is 0 Å². The summed E-state index contributed by atoms with van der Waals surface area (Å²) < 4.78 is 0. The molecule has 0 aliphatic heterocycles. The molecule has 8 heteroatoms. The maximum absolute atomic E-state index is 11.6. The Labute approximate surface area is 124 Å². The quantitative estimate of drug-likeness (QED) is 0.604. The molecule has 0 heterocycles. The number of amides is 1. The Balaban J connectivity index is 3.05. The largest absolute Gasteiger partial charge is 0.481 e. The summed E-state index contributed by atoms with van der Waals surface area (Å²) in [6.45, 7) is 0. The molecular formula is C12H11Cl2N3O3. The average Bonchev–Trinajstić information content (AvgIpc) is 2.35. The molecule has 0 bridgehead atoms. The van der Waals surface area contributed by atoms with E-state index in [1.807, 2.05) is 0 Å². The van der Waals surface area contributed by atoms with E-state index in [0.29, 0.717) is 21.8 Å². The van der Waals surface area contributed by atoms with Gasteiger partial charge in [-0.25, -0.2) is 0 Å². The van der Waals surface area contributed by atoms with Crippen molar-refractivity contribution in [3.8, 4) is 0 Å². The second-order valence-electron chi connectivity index (χ2n) is 3.88. The van der Waals surface area contributed by atoms with Gasteiger partial charge < -0.3 is 15.8 Å². The Bertz CT molecular complexity index is 555.